The van der Waals surface area contributed by atoms with Gasteiger partial charge in [0.15, 0.2) is 6.10 Å². The molecule has 6 nitrogen and oxygen atoms in total. The molecule has 0 aliphatic heterocycles. The zero-order valence-electron chi connectivity index (χ0n) is 52.6. The van der Waals surface area contributed by atoms with Gasteiger partial charge in [0.25, 0.3) is 0 Å². The Morgan fingerprint density at radius 3 is 0.772 bits per heavy atom. The number of allylic oxidation sites excluding steroid dienone is 12. The van der Waals surface area contributed by atoms with Gasteiger partial charge in [0.05, 0.1) is 0 Å². The summed E-state index contributed by atoms with van der Waals surface area (Å²) in [7, 11) is 0. The molecule has 0 radical (unpaired) electrons. The summed E-state index contributed by atoms with van der Waals surface area (Å²) in [5, 5.41) is 0. The van der Waals surface area contributed by atoms with Crippen LogP contribution in [0.2, 0.25) is 0 Å². The van der Waals surface area contributed by atoms with Gasteiger partial charge in [0.2, 0.25) is 0 Å². The summed E-state index contributed by atoms with van der Waals surface area (Å²) in [6, 6.07) is 0. The third-order valence-electron chi connectivity index (χ3n) is 15.2. The molecule has 0 saturated heterocycles. The van der Waals surface area contributed by atoms with Crippen molar-refractivity contribution in [2.45, 2.75) is 361 Å². The number of rotatable bonds is 63. The van der Waals surface area contributed by atoms with E-state index in [9.17, 15) is 14.4 Å². The molecule has 0 aromatic heterocycles. The lowest BCUT2D eigenvalue weighted by Crippen LogP contribution is -2.30. The zero-order valence-corrected chi connectivity index (χ0v) is 52.6. The molecule has 0 N–H and O–H groups in total. The van der Waals surface area contributed by atoms with Gasteiger partial charge < -0.3 is 14.2 Å². The van der Waals surface area contributed by atoms with E-state index in [1.54, 1.807) is 0 Å². The highest BCUT2D eigenvalue weighted by Gasteiger charge is 2.19. The smallest absolute Gasteiger partial charge is 0.306 e. The monoisotopic (exact) mass is 1100 g/mol. The van der Waals surface area contributed by atoms with Crippen molar-refractivity contribution in [1.82, 2.24) is 0 Å². The van der Waals surface area contributed by atoms with E-state index in [2.05, 4.69) is 93.7 Å². The van der Waals surface area contributed by atoms with Gasteiger partial charge in [-0.3, -0.25) is 14.4 Å². The summed E-state index contributed by atoms with van der Waals surface area (Å²) in [5.41, 5.74) is 0. The standard InChI is InChI=1S/C73H130O6/c1-4-7-10-13-15-17-19-21-23-25-27-29-30-31-32-33-34-35-36-37-38-39-40-41-42-44-45-47-49-51-53-55-57-60-63-66-72(75)78-69-70(68-77-71(74)65-62-59-12-9-6-3)79-73(76)67-64-61-58-56-54-52-50-48-46-43-28-26-24-22-20-18-16-14-11-8-5-2/h8,11,16,18,22,24,28,43,48,50,54,56,70H,4-7,9-10,12-15,17,19-21,23,25-27,29-42,44-47,49,51-53,55,57-69H2,1-3H3/b11-8-,18-16-,24-22-,43-28-,50-48-,56-54-. The van der Waals surface area contributed by atoms with Gasteiger partial charge in [-0.2, -0.15) is 0 Å². The van der Waals surface area contributed by atoms with Crippen LogP contribution in [0.3, 0.4) is 0 Å². The molecule has 1 atom stereocenters. The average Bonchev–Trinajstić information content (AvgIpc) is 3.45. The fourth-order valence-corrected chi connectivity index (χ4v) is 10.1. The van der Waals surface area contributed by atoms with E-state index in [0.29, 0.717) is 19.3 Å². The normalized spacial score (nSPS) is 12.5. The van der Waals surface area contributed by atoms with Crippen LogP contribution in [0.15, 0.2) is 72.9 Å². The summed E-state index contributed by atoms with van der Waals surface area (Å²) in [5.74, 6) is -0.936. The predicted octanol–water partition coefficient (Wildman–Crippen LogP) is 23.7. The number of hydrogen-bond donors (Lipinski definition) is 0. The highest BCUT2D eigenvalue weighted by Crippen LogP contribution is 2.18. The van der Waals surface area contributed by atoms with Gasteiger partial charge in [-0.25, -0.2) is 0 Å². The maximum Gasteiger partial charge on any atom is 0.306 e. The fourth-order valence-electron chi connectivity index (χ4n) is 10.1. The van der Waals surface area contributed by atoms with Crippen LogP contribution in [-0.2, 0) is 28.6 Å². The topological polar surface area (TPSA) is 78.9 Å². The average molecular weight is 1100 g/mol. The van der Waals surface area contributed by atoms with Crippen LogP contribution >= 0.6 is 0 Å². The Morgan fingerprint density at radius 2 is 0.494 bits per heavy atom. The van der Waals surface area contributed by atoms with E-state index < -0.39 is 6.10 Å². The molecule has 0 heterocycles. The molecule has 0 aliphatic carbocycles. The van der Waals surface area contributed by atoms with E-state index in [0.717, 1.165) is 96.3 Å². The molecule has 1 unspecified atom stereocenters. The molecule has 0 spiro atoms. The zero-order chi connectivity index (χ0) is 57.1. The lowest BCUT2D eigenvalue weighted by molar-refractivity contribution is -0.167. The number of carbonyl (C=O) groups excluding carboxylic acids is 3. The second-order valence-electron chi connectivity index (χ2n) is 23.1. The molecule has 0 aromatic carbocycles. The van der Waals surface area contributed by atoms with Crippen molar-refractivity contribution in [3.63, 3.8) is 0 Å². The van der Waals surface area contributed by atoms with E-state index in [1.165, 1.54) is 212 Å². The highest BCUT2D eigenvalue weighted by molar-refractivity contribution is 5.71. The molecular weight excluding hydrogens is 973 g/mol. The van der Waals surface area contributed by atoms with Gasteiger partial charge in [-0.15, -0.1) is 0 Å². The summed E-state index contributed by atoms with van der Waals surface area (Å²) in [6.07, 6.45) is 88.7. The molecule has 458 valence electrons. The quantitative estimate of drug-likeness (QED) is 0.0261. The number of hydrogen-bond acceptors (Lipinski definition) is 6. The van der Waals surface area contributed by atoms with Crippen molar-refractivity contribution in [2.75, 3.05) is 13.2 Å². The van der Waals surface area contributed by atoms with Crippen molar-refractivity contribution in [2.24, 2.45) is 0 Å². The lowest BCUT2D eigenvalue weighted by atomic mass is 10.0. The lowest BCUT2D eigenvalue weighted by Gasteiger charge is -2.18. The van der Waals surface area contributed by atoms with Gasteiger partial charge in [0, 0.05) is 19.3 Å². The minimum Gasteiger partial charge on any atom is -0.462 e. The Balaban J connectivity index is 3.93. The van der Waals surface area contributed by atoms with Crippen molar-refractivity contribution < 1.29 is 28.6 Å². The minimum absolute atomic E-state index is 0.0907. The molecule has 0 aliphatic rings. The largest absolute Gasteiger partial charge is 0.462 e. The second-order valence-corrected chi connectivity index (χ2v) is 23.1. The first-order chi connectivity index (χ1) is 39.0. The van der Waals surface area contributed by atoms with Crippen molar-refractivity contribution in [3.05, 3.63) is 72.9 Å². The van der Waals surface area contributed by atoms with Crippen LogP contribution in [0, 0.1) is 0 Å². The van der Waals surface area contributed by atoms with Crippen LogP contribution in [0.25, 0.3) is 0 Å². The fraction of sp³-hybridized carbons (Fsp3) is 0.795. The third-order valence-corrected chi connectivity index (χ3v) is 15.2. The summed E-state index contributed by atoms with van der Waals surface area (Å²) >= 11 is 0. The SMILES string of the molecule is CC/C=C\C/C=C\C/C=C\C/C=C\C/C=C\C/C=C\CCCCC(=O)OC(COC(=O)CCCCCCC)COC(=O)CCCCCCCCCCCCCCCCCCCCCCCCCCCCCCCCCCCCC. The van der Waals surface area contributed by atoms with Gasteiger partial charge in [-0.05, 0) is 70.6 Å². The molecule has 0 rings (SSSR count). The van der Waals surface area contributed by atoms with E-state index in [1.807, 2.05) is 0 Å². The molecule has 0 amide bonds. The Kier molecular flexibility index (Phi) is 64.7. The first kappa shape index (κ1) is 75.8. The predicted molar refractivity (Wildman–Crippen MR) is 344 cm³/mol. The molecule has 79 heavy (non-hydrogen) atoms. The molecule has 0 saturated carbocycles. The maximum absolute atomic E-state index is 12.8. The van der Waals surface area contributed by atoms with Crippen molar-refractivity contribution in [3.8, 4) is 0 Å². The van der Waals surface area contributed by atoms with E-state index in [4.69, 9.17) is 14.2 Å². The van der Waals surface area contributed by atoms with Crippen LogP contribution < -0.4 is 0 Å². The molecule has 0 aromatic rings. The Labute approximate surface area is 491 Å². The minimum atomic E-state index is -0.795. The first-order valence-corrected chi connectivity index (χ1v) is 34.4. The van der Waals surface area contributed by atoms with E-state index in [-0.39, 0.29) is 37.5 Å². The maximum atomic E-state index is 12.8. The van der Waals surface area contributed by atoms with Crippen LogP contribution in [0.1, 0.15) is 355 Å². The van der Waals surface area contributed by atoms with Crippen molar-refractivity contribution in [1.29, 1.82) is 0 Å². The van der Waals surface area contributed by atoms with Crippen LogP contribution in [0.4, 0.5) is 0 Å². The Hall–Kier alpha value is -3.15. The Bertz CT molecular complexity index is 1450. The third kappa shape index (κ3) is 65.5. The number of ether oxygens (including phenoxy) is 3. The molecular formula is C73H130O6. The van der Waals surface area contributed by atoms with Crippen molar-refractivity contribution >= 4 is 17.9 Å². The Morgan fingerprint density at radius 1 is 0.266 bits per heavy atom. The summed E-state index contributed by atoms with van der Waals surface area (Å²) in [6.45, 7) is 6.45. The number of esters is 3. The van der Waals surface area contributed by atoms with Gasteiger partial charge in [-0.1, -0.05) is 338 Å². The molecule has 6 heteroatoms. The highest BCUT2D eigenvalue weighted by atomic mass is 16.6. The van der Waals surface area contributed by atoms with E-state index >= 15 is 0 Å². The van der Waals surface area contributed by atoms with Crippen LogP contribution in [0.5, 0.6) is 0 Å². The summed E-state index contributed by atoms with van der Waals surface area (Å²) in [4.78, 5) is 37.9. The first-order valence-electron chi connectivity index (χ1n) is 34.4. The van der Waals surface area contributed by atoms with Crippen LogP contribution in [-0.4, -0.2) is 37.2 Å². The molecule has 0 bridgehead atoms. The summed E-state index contributed by atoms with van der Waals surface area (Å²) < 4.78 is 16.7. The van der Waals surface area contributed by atoms with Gasteiger partial charge >= 0.3 is 17.9 Å². The van der Waals surface area contributed by atoms with Gasteiger partial charge in [0.1, 0.15) is 13.2 Å². The molecule has 0 fully saturated rings. The number of carbonyl (C=O) groups is 3. The second kappa shape index (κ2) is 67.4. The number of unbranched alkanes of at least 4 members (excludes halogenated alkanes) is 40.